The summed E-state index contributed by atoms with van der Waals surface area (Å²) in [4.78, 5) is 37.3. The highest BCUT2D eigenvalue weighted by Gasteiger charge is 2.37. The molecule has 1 saturated heterocycles. The molecule has 2 amide bonds. The summed E-state index contributed by atoms with van der Waals surface area (Å²) in [6.07, 6.45) is 0.568. The quantitative estimate of drug-likeness (QED) is 0.211. The number of methoxy groups -OCH3 is 1. The third kappa shape index (κ3) is 8.49. The van der Waals surface area contributed by atoms with E-state index in [4.69, 9.17) is 44.3 Å². The molecular formula is C32H27Cl3N2O5. The predicted molar refractivity (Wildman–Crippen MR) is 164 cm³/mol. The van der Waals surface area contributed by atoms with Gasteiger partial charge in [-0.2, -0.15) is 0 Å². The molecule has 216 valence electrons. The first kappa shape index (κ1) is 30.9. The maximum Gasteiger partial charge on any atom is 0.337 e. The lowest BCUT2D eigenvalue weighted by atomic mass is 9.84. The van der Waals surface area contributed by atoms with E-state index in [0.717, 1.165) is 5.02 Å². The topological polar surface area (TPSA) is 93.7 Å². The molecule has 42 heavy (non-hydrogen) atoms. The highest BCUT2D eigenvalue weighted by atomic mass is 35.5. The number of anilines is 1. The normalized spacial score (nSPS) is 15.9. The van der Waals surface area contributed by atoms with Gasteiger partial charge >= 0.3 is 5.97 Å². The second-order valence-corrected chi connectivity index (χ2v) is 10.6. The average Bonchev–Trinajstić information content (AvgIpc) is 2.98. The number of hydrogen-bond acceptors (Lipinski definition) is 5. The van der Waals surface area contributed by atoms with E-state index in [1.807, 2.05) is 30.3 Å². The van der Waals surface area contributed by atoms with Crippen LogP contribution in [-0.4, -0.2) is 24.9 Å². The molecule has 5 rings (SSSR count). The molecule has 0 radical (unpaired) electrons. The zero-order chi connectivity index (χ0) is 30.1. The Balaban J connectivity index is 0.000000507. The van der Waals surface area contributed by atoms with Crippen molar-refractivity contribution in [2.45, 2.75) is 18.9 Å². The van der Waals surface area contributed by atoms with Gasteiger partial charge in [0, 0.05) is 32.7 Å². The molecule has 10 heteroatoms. The molecule has 1 unspecified atom stereocenters. The molecule has 1 fully saturated rings. The molecule has 0 spiro atoms. The summed E-state index contributed by atoms with van der Waals surface area (Å²) >= 11 is 17.9. The molecule has 1 aliphatic rings. The number of carbonyl (C=O) groups is 3. The number of benzene rings is 4. The number of halogens is 3. The van der Waals surface area contributed by atoms with E-state index in [1.165, 1.54) is 7.11 Å². The SMILES string of the molecule is COC(=O)c1ccc(Oc2ccc(Cl)cc2[C@H]2NC(=O)CCC2C(=O)Nc2cccc(Cl)c2)cc1.Clc1ccccc1. The van der Waals surface area contributed by atoms with Crippen molar-refractivity contribution in [1.29, 1.82) is 0 Å². The lowest BCUT2D eigenvalue weighted by Gasteiger charge is -2.32. The van der Waals surface area contributed by atoms with Gasteiger partial charge in [0.1, 0.15) is 11.5 Å². The number of rotatable bonds is 6. The predicted octanol–water partition coefficient (Wildman–Crippen LogP) is 8.12. The van der Waals surface area contributed by atoms with Crippen LogP contribution in [0.2, 0.25) is 15.1 Å². The van der Waals surface area contributed by atoms with Crippen molar-refractivity contribution in [2.24, 2.45) is 5.92 Å². The number of esters is 1. The lowest BCUT2D eigenvalue weighted by Crippen LogP contribution is -2.43. The van der Waals surface area contributed by atoms with Crippen molar-refractivity contribution in [3.05, 3.63) is 123 Å². The zero-order valence-corrected chi connectivity index (χ0v) is 24.7. The van der Waals surface area contributed by atoms with Gasteiger partial charge in [0.2, 0.25) is 11.8 Å². The van der Waals surface area contributed by atoms with Gasteiger partial charge in [0.15, 0.2) is 0 Å². The van der Waals surface area contributed by atoms with Crippen molar-refractivity contribution < 1.29 is 23.9 Å². The van der Waals surface area contributed by atoms with Crippen molar-refractivity contribution in [2.75, 3.05) is 12.4 Å². The van der Waals surface area contributed by atoms with Gasteiger partial charge in [-0.3, -0.25) is 9.59 Å². The molecule has 0 aliphatic carbocycles. The van der Waals surface area contributed by atoms with Crippen LogP contribution in [0.15, 0.2) is 97.1 Å². The summed E-state index contributed by atoms with van der Waals surface area (Å²) < 4.78 is 10.8. The minimum Gasteiger partial charge on any atom is -0.465 e. The van der Waals surface area contributed by atoms with E-state index in [9.17, 15) is 14.4 Å². The monoisotopic (exact) mass is 624 g/mol. The summed E-state index contributed by atoms with van der Waals surface area (Å²) in [5, 5.41) is 7.53. The zero-order valence-electron chi connectivity index (χ0n) is 22.5. The molecule has 0 saturated carbocycles. The number of piperidine rings is 1. The van der Waals surface area contributed by atoms with Crippen LogP contribution in [0.25, 0.3) is 0 Å². The second-order valence-electron chi connectivity index (χ2n) is 9.29. The van der Waals surface area contributed by atoms with Crippen LogP contribution in [0.3, 0.4) is 0 Å². The van der Waals surface area contributed by atoms with Crippen molar-refractivity contribution in [1.82, 2.24) is 5.32 Å². The van der Waals surface area contributed by atoms with Gasteiger partial charge in [0.05, 0.1) is 24.6 Å². The molecule has 1 heterocycles. The van der Waals surface area contributed by atoms with Crippen LogP contribution in [0, 0.1) is 5.92 Å². The van der Waals surface area contributed by atoms with E-state index >= 15 is 0 Å². The maximum absolute atomic E-state index is 13.2. The van der Waals surface area contributed by atoms with Crippen LogP contribution in [0.5, 0.6) is 11.5 Å². The van der Waals surface area contributed by atoms with Crippen LogP contribution in [0.1, 0.15) is 34.8 Å². The number of ether oxygens (including phenoxy) is 2. The molecular weight excluding hydrogens is 599 g/mol. The van der Waals surface area contributed by atoms with Crippen molar-refractivity contribution in [3.8, 4) is 11.5 Å². The summed E-state index contributed by atoms with van der Waals surface area (Å²) in [7, 11) is 1.31. The minimum atomic E-state index is -0.668. The smallest absolute Gasteiger partial charge is 0.337 e. The Kier molecular flexibility index (Phi) is 10.8. The van der Waals surface area contributed by atoms with E-state index in [2.05, 4.69) is 10.6 Å². The maximum atomic E-state index is 13.2. The molecule has 1 aliphatic heterocycles. The second kappa shape index (κ2) is 14.7. The highest BCUT2D eigenvalue weighted by molar-refractivity contribution is 6.31. The van der Waals surface area contributed by atoms with Crippen LogP contribution in [-0.2, 0) is 14.3 Å². The number of hydrogen-bond donors (Lipinski definition) is 2. The highest BCUT2D eigenvalue weighted by Crippen LogP contribution is 2.39. The third-order valence-corrected chi connectivity index (χ3v) is 7.10. The molecule has 2 atom stereocenters. The van der Waals surface area contributed by atoms with Gasteiger partial charge in [-0.1, -0.05) is 59.1 Å². The fraction of sp³-hybridized carbons (Fsp3) is 0.156. The average molecular weight is 626 g/mol. The number of carbonyl (C=O) groups excluding carboxylic acids is 3. The fourth-order valence-corrected chi connectivity index (χ4v) is 4.87. The summed E-state index contributed by atoms with van der Waals surface area (Å²) in [5.74, 6) is -0.576. The minimum absolute atomic E-state index is 0.171. The van der Waals surface area contributed by atoms with Crippen LogP contribution < -0.4 is 15.4 Å². The molecule has 4 aromatic carbocycles. The Bertz CT molecular complexity index is 1550. The van der Waals surface area contributed by atoms with Crippen LogP contribution >= 0.6 is 34.8 Å². The molecule has 2 N–H and O–H groups in total. The van der Waals surface area contributed by atoms with Gasteiger partial charge in [0.25, 0.3) is 0 Å². The third-order valence-electron chi connectivity index (χ3n) is 6.37. The van der Waals surface area contributed by atoms with E-state index in [0.29, 0.717) is 44.8 Å². The van der Waals surface area contributed by atoms with Gasteiger partial charge in [-0.05, 0) is 79.2 Å². The van der Waals surface area contributed by atoms with E-state index in [1.54, 1.807) is 66.7 Å². The van der Waals surface area contributed by atoms with Gasteiger partial charge in [-0.15, -0.1) is 0 Å². The lowest BCUT2D eigenvalue weighted by molar-refractivity contribution is -0.128. The van der Waals surface area contributed by atoms with Crippen LogP contribution in [0.4, 0.5) is 5.69 Å². The first-order valence-electron chi connectivity index (χ1n) is 13.0. The van der Waals surface area contributed by atoms with Crippen molar-refractivity contribution >= 4 is 58.3 Å². The Morgan fingerprint density at radius 2 is 1.52 bits per heavy atom. The summed E-state index contributed by atoms with van der Waals surface area (Å²) in [6, 6.07) is 27.1. The van der Waals surface area contributed by atoms with E-state index in [-0.39, 0.29) is 18.2 Å². The number of nitrogens with one attached hydrogen (secondary N) is 2. The molecule has 0 aromatic heterocycles. The first-order valence-corrected chi connectivity index (χ1v) is 14.1. The number of amides is 2. The van der Waals surface area contributed by atoms with E-state index < -0.39 is 17.9 Å². The standard InChI is InChI=1S/C26H22Cl2N2O5.C6H5Cl/c1-34-26(33)15-5-8-19(9-6-15)35-22-11-7-17(28)14-21(22)24-20(10-12-23(31)30-24)25(32)29-18-4-2-3-16(27)13-18;7-6-4-2-1-3-5-6/h2-9,11,13-14,20,24H,10,12H2,1H3,(H,29,32)(H,30,31);1-5H/t20?,24-;/m0./s1. The molecule has 4 aromatic rings. The Morgan fingerprint density at radius 1 is 0.833 bits per heavy atom. The largest absolute Gasteiger partial charge is 0.465 e. The summed E-state index contributed by atoms with van der Waals surface area (Å²) in [6.45, 7) is 0. The molecule has 7 nitrogen and oxygen atoms in total. The Labute approximate surface area is 258 Å². The Hall–Kier alpha value is -4.04. The molecule has 0 bridgehead atoms. The van der Waals surface area contributed by atoms with Gasteiger partial charge < -0.3 is 20.1 Å². The van der Waals surface area contributed by atoms with Crippen molar-refractivity contribution in [3.63, 3.8) is 0 Å². The van der Waals surface area contributed by atoms with Gasteiger partial charge in [-0.25, -0.2) is 4.79 Å². The summed E-state index contributed by atoms with van der Waals surface area (Å²) in [5.41, 5.74) is 1.51. The fourth-order valence-electron chi connectivity index (χ4n) is 4.35. The Morgan fingerprint density at radius 3 is 2.17 bits per heavy atom. The first-order chi connectivity index (χ1) is 20.2.